The molecular weight excluding hydrogens is 232 g/mol. The Balaban J connectivity index is 2.49. The number of fused-ring (bicyclic) bond motifs is 1. The zero-order valence-corrected chi connectivity index (χ0v) is 11.8. The first-order valence-corrected chi connectivity index (χ1v) is 6.68. The van der Waals surface area contributed by atoms with Gasteiger partial charge in [-0.05, 0) is 6.42 Å². The molecule has 0 radical (unpaired) electrons. The third-order valence-corrected chi connectivity index (χ3v) is 4.11. The highest BCUT2D eigenvalue weighted by Gasteiger charge is 2.26. The van der Waals surface area contributed by atoms with Gasteiger partial charge in [-0.1, -0.05) is 27.7 Å². The summed E-state index contributed by atoms with van der Waals surface area (Å²) in [7, 11) is 0. The molecule has 17 heavy (non-hydrogen) atoms. The average molecular weight is 252 g/mol. The van der Waals surface area contributed by atoms with E-state index < -0.39 is 0 Å². The molecule has 2 rings (SSSR count). The van der Waals surface area contributed by atoms with E-state index in [9.17, 15) is 0 Å². The molecule has 0 aliphatic rings. The van der Waals surface area contributed by atoms with Crippen molar-refractivity contribution in [2.24, 2.45) is 0 Å². The summed E-state index contributed by atoms with van der Waals surface area (Å²) in [6, 6.07) is 2.08. The number of H-pyrrole nitrogens is 1. The maximum Gasteiger partial charge on any atom is 0.158 e. The van der Waals surface area contributed by atoms with Crippen LogP contribution in [0.4, 0.5) is 0 Å². The van der Waals surface area contributed by atoms with Crippen LogP contribution in [0.3, 0.4) is 0 Å². The molecule has 0 fully saturated rings. The minimum Gasteiger partial charge on any atom is -0.259 e. The molecule has 2 heterocycles. The van der Waals surface area contributed by atoms with E-state index in [4.69, 9.17) is 0 Å². The number of nitrogens with zero attached hydrogens (tertiary/aromatic N) is 3. The number of nitrogens with one attached hydrogen (secondary N) is 1. The van der Waals surface area contributed by atoms with Crippen molar-refractivity contribution in [1.29, 1.82) is 0 Å². The van der Waals surface area contributed by atoms with Crippen LogP contribution in [0.25, 0.3) is 5.65 Å². The minimum absolute atomic E-state index is 0.0832. The van der Waals surface area contributed by atoms with Crippen molar-refractivity contribution in [2.75, 3.05) is 5.75 Å². The Bertz CT molecular complexity index is 512. The van der Waals surface area contributed by atoms with Crippen LogP contribution in [-0.4, -0.2) is 25.6 Å². The second-order valence-corrected chi connectivity index (χ2v) is 5.58. The highest BCUT2D eigenvalue weighted by atomic mass is 32.1. The van der Waals surface area contributed by atoms with Gasteiger partial charge in [0.2, 0.25) is 0 Å². The molecule has 2 aromatic heterocycles. The summed E-state index contributed by atoms with van der Waals surface area (Å²) in [5.74, 6) is 2.16. The number of thiol groups is 1. The Morgan fingerprint density at radius 3 is 2.82 bits per heavy atom. The van der Waals surface area contributed by atoms with E-state index in [0.29, 0.717) is 5.92 Å². The smallest absolute Gasteiger partial charge is 0.158 e. The monoisotopic (exact) mass is 252 g/mol. The summed E-state index contributed by atoms with van der Waals surface area (Å²) < 4.78 is 1.91. The second-order valence-electron chi connectivity index (χ2n) is 5.26. The maximum absolute atomic E-state index is 4.65. The molecule has 4 nitrogen and oxygen atoms in total. The van der Waals surface area contributed by atoms with Crippen LogP contribution < -0.4 is 0 Å². The van der Waals surface area contributed by atoms with Crippen molar-refractivity contribution in [3.8, 4) is 0 Å². The fourth-order valence-corrected chi connectivity index (χ4v) is 1.90. The van der Waals surface area contributed by atoms with E-state index in [1.807, 2.05) is 4.52 Å². The second kappa shape index (κ2) is 4.37. The van der Waals surface area contributed by atoms with Gasteiger partial charge < -0.3 is 0 Å². The van der Waals surface area contributed by atoms with Gasteiger partial charge in [0.05, 0.1) is 5.69 Å². The van der Waals surface area contributed by atoms with Crippen molar-refractivity contribution < 1.29 is 0 Å². The molecule has 94 valence electrons. The largest absolute Gasteiger partial charge is 0.259 e. The maximum atomic E-state index is 4.65. The molecule has 0 aliphatic heterocycles. The third-order valence-electron chi connectivity index (χ3n) is 3.32. The Labute approximate surface area is 107 Å². The zero-order valence-electron chi connectivity index (χ0n) is 10.9. The van der Waals surface area contributed by atoms with Crippen LogP contribution in [0.15, 0.2) is 6.07 Å². The van der Waals surface area contributed by atoms with E-state index in [-0.39, 0.29) is 5.41 Å². The highest BCUT2D eigenvalue weighted by Crippen LogP contribution is 2.25. The molecule has 1 N–H and O–H groups in total. The summed E-state index contributed by atoms with van der Waals surface area (Å²) in [5, 5.41) is 12.0. The number of aromatic amines is 1. The van der Waals surface area contributed by atoms with Gasteiger partial charge in [-0.3, -0.25) is 5.10 Å². The van der Waals surface area contributed by atoms with Crippen LogP contribution in [0, 0.1) is 0 Å². The van der Waals surface area contributed by atoms with Crippen molar-refractivity contribution >= 4 is 18.3 Å². The quantitative estimate of drug-likeness (QED) is 0.822. The average Bonchev–Trinajstić information content (AvgIpc) is 2.86. The van der Waals surface area contributed by atoms with Gasteiger partial charge in [0.1, 0.15) is 0 Å². The first-order valence-electron chi connectivity index (χ1n) is 6.05. The number of rotatable bonds is 4. The first-order chi connectivity index (χ1) is 7.99. The van der Waals surface area contributed by atoms with Crippen molar-refractivity contribution in [1.82, 2.24) is 19.8 Å². The molecular formula is C12H20N4S. The lowest BCUT2D eigenvalue weighted by Gasteiger charge is -2.18. The van der Waals surface area contributed by atoms with E-state index in [1.165, 1.54) is 0 Å². The predicted molar refractivity (Wildman–Crippen MR) is 72.9 cm³/mol. The highest BCUT2D eigenvalue weighted by molar-refractivity contribution is 7.80. The Morgan fingerprint density at radius 2 is 2.24 bits per heavy atom. The van der Waals surface area contributed by atoms with Gasteiger partial charge >= 0.3 is 0 Å². The van der Waals surface area contributed by atoms with Gasteiger partial charge in [0.15, 0.2) is 11.5 Å². The molecule has 2 aromatic rings. The van der Waals surface area contributed by atoms with Crippen LogP contribution in [0.2, 0.25) is 0 Å². The SMILES string of the molecule is CCC(C)c1cc2[nH]nc(C(C)(C)CS)n2n1. The number of hydrogen-bond acceptors (Lipinski definition) is 3. The van der Waals surface area contributed by atoms with E-state index in [2.05, 4.69) is 61.7 Å². The third kappa shape index (κ3) is 2.08. The summed E-state index contributed by atoms with van der Waals surface area (Å²) in [4.78, 5) is 0. The Hall–Kier alpha value is -0.970. The molecule has 0 amide bonds. The van der Waals surface area contributed by atoms with Crippen molar-refractivity contribution in [3.63, 3.8) is 0 Å². The summed E-state index contributed by atoms with van der Waals surface area (Å²) in [6.45, 7) is 8.62. The standard InChI is InChI=1S/C12H20N4S/c1-5-8(2)9-6-10-13-14-11(16(10)15-9)12(3,4)7-17/h6,8,13,17H,5,7H2,1-4H3. The fraction of sp³-hybridized carbons (Fsp3) is 0.667. The normalized spacial score (nSPS) is 14.4. The molecule has 0 spiro atoms. The molecule has 0 aromatic carbocycles. The minimum atomic E-state index is -0.0832. The molecule has 1 unspecified atom stereocenters. The van der Waals surface area contributed by atoms with Gasteiger partial charge in [-0.2, -0.15) is 27.3 Å². The van der Waals surface area contributed by atoms with E-state index in [1.54, 1.807) is 0 Å². The van der Waals surface area contributed by atoms with E-state index >= 15 is 0 Å². The van der Waals surface area contributed by atoms with Crippen LogP contribution in [0.5, 0.6) is 0 Å². The van der Waals surface area contributed by atoms with Gasteiger partial charge in [0.25, 0.3) is 0 Å². The van der Waals surface area contributed by atoms with Gasteiger partial charge in [-0.25, -0.2) is 0 Å². The fourth-order valence-electron chi connectivity index (χ4n) is 1.76. The van der Waals surface area contributed by atoms with Crippen LogP contribution in [-0.2, 0) is 5.41 Å². The zero-order chi connectivity index (χ0) is 12.6. The molecule has 1 atom stereocenters. The van der Waals surface area contributed by atoms with E-state index in [0.717, 1.165) is 29.3 Å². The van der Waals surface area contributed by atoms with Crippen LogP contribution in [0.1, 0.15) is 51.6 Å². The molecule has 5 heteroatoms. The number of aromatic nitrogens is 4. The Kier molecular flexibility index (Phi) is 3.21. The van der Waals surface area contributed by atoms with Crippen molar-refractivity contribution in [2.45, 2.75) is 45.4 Å². The summed E-state index contributed by atoms with van der Waals surface area (Å²) in [6.07, 6.45) is 1.10. The summed E-state index contributed by atoms with van der Waals surface area (Å²) in [5.41, 5.74) is 2.00. The summed E-state index contributed by atoms with van der Waals surface area (Å²) >= 11 is 4.38. The lowest BCUT2D eigenvalue weighted by Crippen LogP contribution is -2.23. The van der Waals surface area contributed by atoms with Crippen LogP contribution >= 0.6 is 12.6 Å². The van der Waals surface area contributed by atoms with Gasteiger partial charge in [-0.15, -0.1) is 0 Å². The molecule has 0 saturated heterocycles. The predicted octanol–water partition coefficient (Wildman–Crippen LogP) is 2.78. The molecule has 0 bridgehead atoms. The Morgan fingerprint density at radius 1 is 1.53 bits per heavy atom. The van der Waals surface area contributed by atoms with Crippen molar-refractivity contribution in [3.05, 3.63) is 17.6 Å². The topological polar surface area (TPSA) is 46.0 Å². The lowest BCUT2D eigenvalue weighted by atomic mass is 9.96. The molecule has 0 aliphatic carbocycles. The number of hydrogen-bond donors (Lipinski definition) is 2. The lowest BCUT2D eigenvalue weighted by molar-refractivity contribution is 0.535. The first kappa shape index (κ1) is 12.5. The molecule has 0 saturated carbocycles. The van der Waals surface area contributed by atoms with Gasteiger partial charge in [0, 0.05) is 23.2 Å².